The van der Waals surface area contributed by atoms with Crippen LogP contribution in [0, 0.1) is 0 Å². The first-order valence-corrected chi connectivity index (χ1v) is 7.88. The molecule has 2 aromatic rings. The van der Waals surface area contributed by atoms with Crippen LogP contribution in [0.15, 0.2) is 53.4 Å². The summed E-state index contributed by atoms with van der Waals surface area (Å²) >= 11 is 7.57. The van der Waals surface area contributed by atoms with Crippen LogP contribution in [0.2, 0.25) is 5.02 Å². The second kappa shape index (κ2) is 6.08. The number of rotatable bonds is 4. The maximum atomic E-state index is 10.4. The van der Waals surface area contributed by atoms with Crippen LogP contribution in [0.25, 0.3) is 0 Å². The minimum Gasteiger partial charge on any atom is -0.493 e. The minimum absolute atomic E-state index is 0.0536. The molecule has 2 unspecified atom stereocenters. The molecular weight excluding hydrogens is 292 g/mol. The standard InChI is InChI=1S/C16H15ClO2S/c17-11-4-3-5-12(8-11)20-10-15(18)14-9-19-16-7-2-1-6-13(14)16/h1-8,14-15,18H,9-10H2. The third-order valence-corrected chi connectivity index (χ3v) is 4.75. The molecule has 1 N–H and O–H groups in total. The first kappa shape index (κ1) is 13.8. The van der Waals surface area contributed by atoms with E-state index in [1.165, 1.54) is 0 Å². The summed E-state index contributed by atoms with van der Waals surface area (Å²) in [6, 6.07) is 15.6. The second-order valence-corrected chi connectivity index (χ2v) is 6.32. The normalized spacial score (nSPS) is 18.4. The van der Waals surface area contributed by atoms with Gasteiger partial charge in [-0.1, -0.05) is 35.9 Å². The predicted octanol–water partition coefficient (Wildman–Crippen LogP) is 3.97. The predicted molar refractivity (Wildman–Crippen MR) is 82.9 cm³/mol. The Hall–Kier alpha value is -1.16. The van der Waals surface area contributed by atoms with Gasteiger partial charge in [-0.25, -0.2) is 0 Å². The molecule has 0 aliphatic carbocycles. The van der Waals surface area contributed by atoms with E-state index in [-0.39, 0.29) is 5.92 Å². The van der Waals surface area contributed by atoms with E-state index in [0.29, 0.717) is 12.4 Å². The zero-order valence-electron chi connectivity index (χ0n) is 10.8. The molecule has 1 aliphatic rings. The number of fused-ring (bicyclic) bond motifs is 1. The summed E-state index contributed by atoms with van der Waals surface area (Å²) in [5, 5.41) is 11.1. The number of ether oxygens (including phenoxy) is 1. The molecule has 0 spiro atoms. The number of thioether (sulfide) groups is 1. The summed E-state index contributed by atoms with van der Waals surface area (Å²) < 4.78 is 5.61. The summed E-state index contributed by atoms with van der Waals surface area (Å²) in [5.41, 5.74) is 1.10. The molecule has 0 saturated carbocycles. The molecule has 0 radical (unpaired) electrons. The summed E-state index contributed by atoms with van der Waals surface area (Å²) in [6.07, 6.45) is -0.428. The fraction of sp³-hybridized carbons (Fsp3) is 0.250. The number of hydrogen-bond acceptors (Lipinski definition) is 3. The van der Waals surface area contributed by atoms with Gasteiger partial charge in [-0.3, -0.25) is 0 Å². The number of halogens is 1. The molecule has 3 rings (SSSR count). The van der Waals surface area contributed by atoms with Crippen molar-refractivity contribution in [2.24, 2.45) is 0 Å². The molecule has 104 valence electrons. The average molecular weight is 307 g/mol. The highest BCUT2D eigenvalue weighted by Gasteiger charge is 2.29. The molecule has 0 bridgehead atoms. The zero-order chi connectivity index (χ0) is 13.9. The molecular formula is C16H15ClO2S. The SMILES string of the molecule is OC(CSc1cccc(Cl)c1)C1COc2ccccc21. The lowest BCUT2D eigenvalue weighted by Crippen LogP contribution is -2.22. The quantitative estimate of drug-likeness (QED) is 0.867. The molecule has 2 atom stereocenters. The highest BCUT2D eigenvalue weighted by atomic mass is 35.5. The summed E-state index contributed by atoms with van der Waals surface area (Å²) in [6.45, 7) is 0.552. The fourth-order valence-electron chi connectivity index (χ4n) is 2.36. The lowest BCUT2D eigenvalue weighted by Gasteiger charge is -2.16. The monoisotopic (exact) mass is 306 g/mol. The Morgan fingerprint density at radius 1 is 1.25 bits per heavy atom. The van der Waals surface area contributed by atoms with Crippen LogP contribution in [0.4, 0.5) is 0 Å². The number of aliphatic hydroxyl groups excluding tert-OH is 1. The maximum absolute atomic E-state index is 10.4. The van der Waals surface area contributed by atoms with Crippen LogP contribution >= 0.6 is 23.4 Å². The van der Waals surface area contributed by atoms with Crippen molar-refractivity contribution in [3.63, 3.8) is 0 Å². The van der Waals surface area contributed by atoms with Gasteiger partial charge in [0.05, 0.1) is 12.7 Å². The van der Waals surface area contributed by atoms with Crippen molar-refractivity contribution in [3.8, 4) is 5.75 Å². The minimum atomic E-state index is -0.428. The van der Waals surface area contributed by atoms with Crippen molar-refractivity contribution in [2.75, 3.05) is 12.4 Å². The molecule has 2 aromatic carbocycles. The molecule has 0 aromatic heterocycles. The topological polar surface area (TPSA) is 29.5 Å². The molecule has 1 aliphatic heterocycles. The van der Waals surface area contributed by atoms with Crippen molar-refractivity contribution in [1.82, 2.24) is 0 Å². The molecule has 1 heterocycles. The molecule has 4 heteroatoms. The van der Waals surface area contributed by atoms with Crippen molar-refractivity contribution in [3.05, 3.63) is 59.1 Å². The first-order chi connectivity index (χ1) is 9.74. The maximum Gasteiger partial charge on any atom is 0.123 e. The van der Waals surface area contributed by atoms with Crippen LogP contribution in [0.3, 0.4) is 0 Å². The van der Waals surface area contributed by atoms with Crippen LogP contribution in [-0.2, 0) is 0 Å². The second-order valence-electron chi connectivity index (χ2n) is 4.79. The van der Waals surface area contributed by atoms with Crippen molar-refractivity contribution in [1.29, 1.82) is 0 Å². The highest BCUT2D eigenvalue weighted by Crippen LogP contribution is 2.37. The van der Waals surface area contributed by atoms with Crippen LogP contribution in [0.5, 0.6) is 5.75 Å². The Balaban J connectivity index is 1.65. The van der Waals surface area contributed by atoms with E-state index in [9.17, 15) is 5.11 Å². The Kier molecular flexibility index (Phi) is 4.20. The smallest absolute Gasteiger partial charge is 0.123 e. The summed E-state index contributed by atoms with van der Waals surface area (Å²) in [4.78, 5) is 1.07. The van der Waals surface area contributed by atoms with Gasteiger partial charge in [0.1, 0.15) is 5.75 Å². The Bertz CT molecular complexity index is 603. The lowest BCUT2D eigenvalue weighted by molar-refractivity contribution is 0.150. The van der Waals surface area contributed by atoms with Gasteiger partial charge in [-0.2, -0.15) is 0 Å². The summed E-state index contributed by atoms with van der Waals surface area (Å²) in [7, 11) is 0. The molecule has 0 fully saturated rings. The van der Waals surface area contributed by atoms with E-state index in [2.05, 4.69) is 0 Å². The van der Waals surface area contributed by atoms with Crippen LogP contribution in [-0.4, -0.2) is 23.6 Å². The van der Waals surface area contributed by atoms with E-state index in [1.54, 1.807) is 11.8 Å². The first-order valence-electron chi connectivity index (χ1n) is 6.52. The molecule has 20 heavy (non-hydrogen) atoms. The third kappa shape index (κ3) is 2.95. The molecule has 0 saturated heterocycles. The fourth-order valence-corrected chi connectivity index (χ4v) is 3.60. The number of hydrogen-bond donors (Lipinski definition) is 1. The molecule has 2 nitrogen and oxygen atoms in total. The Labute approximate surface area is 127 Å². The van der Waals surface area contributed by atoms with Gasteiger partial charge in [0, 0.05) is 27.2 Å². The van der Waals surface area contributed by atoms with Gasteiger partial charge in [-0.15, -0.1) is 11.8 Å². The van der Waals surface area contributed by atoms with E-state index < -0.39 is 6.10 Å². The van der Waals surface area contributed by atoms with Gasteiger partial charge in [0.15, 0.2) is 0 Å². The largest absolute Gasteiger partial charge is 0.493 e. The number of aliphatic hydroxyl groups is 1. The highest BCUT2D eigenvalue weighted by molar-refractivity contribution is 7.99. The molecule has 0 amide bonds. The Morgan fingerprint density at radius 3 is 2.95 bits per heavy atom. The van der Waals surface area contributed by atoms with Crippen LogP contribution < -0.4 is 4.74 Å². The average Bonchev–Trinajstić information content (AvgIpc) is 2.89. The number of benzene rings is 2. The van der Waals surface area contributed by atoms with Crippen molar-refractivity contribution in [2.45, 2.75) is 16.9 Å². The van der Waals surface area contributed by atoms with Gasteiger partial charge in [0.25, 0.3) is 0 Å². The van der Waals surface area contributed by atoms with Gasteiger partial charge in [-0.05, 0) is 24.3 Å². The number of para-hydroxylation sites is 1. The van der Waals surface area contributed by atoms with Gasteiger partial charge >= 0.3 is 0 Å². The zero-order valence-corrected chi connectivity index (χ0v) is 12.4. The van der Waals surface area contributed by atoms with E-state index in [1.807, 2.05) is 48.5 Å². The van der Waals surface area contributed by atoms with E-state index in [4.69, 9.17) is 16.3 Å². The third-order valence-electron chi connectivity index (χ3n) is 3.42. The van der Waals surface area contributed by atoms with Gasteiger partial charge < -0.3 is 9.84 Å². The van der Waals surface area contributed by atoms with E-state index in [0.717, 1.165) is 21.2 Å². The van der Waals surface area contributed by atoms with Crippen molar-refractivity contribution < 1.29 is 9.84 Å². The lowest BCUT2D eigenvalue weighted by atomic mass is 9.96. The summed E-state index contributed by atoms with van der Waals surface area (Å²) in [5.74, 6) is 1.57. The Morgan fingerprint density at radius 2 is 2.10 bits per heavy atom. The van der Waals surface area contributed by atoms with Gasteiger partial charge in [0.2, 0.25) is 0 Å². The van der Waals surface area contributed by atoms with Crippen molar-refractivity contribution >= 4 is 23.4 Å². The van der Waals surface area contributed by atoms with E-state index >= 15 is 0 Å². The van der Waals surface area contributed by atoms with Crippen LogP contribution in [0.1, 0.15) is 11.5 Å².